The van der Waals surface area contributed by atoms with Crippen molar-refractivity contribution in [2.24, 2.45) is 5.73 Å². The van der Waals surface area contributed by atoms with Crippen LogP contribution in [0.3, 0.4) is 0 Å². The van der Waals surface area contributed by atoms with E-state index in [-0.39, 0.29) is 11.9 Å². The molecule has 0 aliphatic carbocycles. The Labute approximate surface area is 132 Å². The molecule has 1 fully saturated rings. The number of carbonyl (C=O) groups excluding carboxylic acids is 2. The number of rotatable bonds is 5. The maximum atomic E-state index is 11.5. The third-order valence-corrected chi connectivity index (χ3v) is 3.83. The summed E-state index contributed by atoms with van der Waals surface area (Å²) >= 11 is 0. The zero-order chi connectivity index (χ0) is 16.4. The van der Waals surface area contributed by atoms with Crippen molar-refractivity contribution >= 4 is 22.6 Å². The van der Waals surface area contributed by atoms with Crippen LogP contribution in [0.4, 0.5) is 0 Å². The molecule has 0 radical (unpaired) electrons. The molecule has 2 heterocycles. The minimum absolute atomic E-state index is 0.00421. The molecule has 23 heavy (non-hydrogen) atoms. The van der Waals surface area contributed by atoms with E-state index in [1.807, 2.05) is 0 Å². The lowest BCUT2D eigenvalue weighted by Gasteiger charge is -2.14. The van der Waals surface area contributed by atoms with Crippen molar-refractivity contribution < 1.29 is 19.1 Å². The van der Waals surface area contributed by atoms with E-state index in [2.05, 4.69) is 10.3 Å². The number of fused-ring (bicyclic) bond motifs is 1. The van der Waals surface area contributed by atoms with Crippen LogP contribution in [0.15, 0.2) is 24.5 Å². The lowest BCUT2D eigenvalue weighted by Crippen LogP contribution is -2.30. The number of amides is 2. The Bertz CT molecular complexity index is 775. The Morgan fingerprint density at radius 2 is 2.22 bits per heavy atom. The third-order valence-electron chi connectivity index (χ3n) is 3.83. The quantitative estimate of drug-likeness (QED) is 0.856. The molecule has 1 aliphatic heterocycles. The molecular weight excluding hydrogens is 298 g/mol. The second-order valence-corrected chi connectivity index (χ2v) is 5.39. The predicted molar refractivity (Wildman–Crippen MR) is 83.5 cm³/mol. The number of methoxy groups -OCH3 is 1. The van der Waals surface area contributed by atoms with Crippen molar-refractivity contribution in [2.45, 2.75) is 18.9 Å². The molecule has 1 atom stereocenters. The summed E-state index contributed by atoms with van der Waals surface area (Å²) in [5, 5.41) is 4.35. The number of nitrogens with zero attached hydrogens (tertiary/aromatic N) is 1. The van der Waals surface area contributed by atoms with E-state index in [9.17, 15) is 9.59 Å². The number of hydrogen-bond donors (Lipinski definition) is 2. The fourth-order valence-electron chi connectivity index (χ4n) is 2.64. The zero-order valence-electron chi connectivity index (χ0n) is 12.7. The summed E-state index contributed by atoms with van der Waals surface area (Å²) in [5.74, 6) is 0.430. The van der Waals surface area contributed by atoms with Gasteiger partial charge in [-0.3, -0.25) is 14.6 Å². The maximum Gasteiger partial charge on any atom is 0.252 e. The molecule has 1 saturated heterocycles. The highest BCUT2D eigenvalue weighted by atomic mass is 16.5. The van der Waals surface area contributed by atoms with Crippen LogP contribution in [-0.2, 0) is 4.79 Å². The number of primary amides is 1. The Balaban J connectivity index is 1.91. The number of nitrogens with two attached hydrogens (primary N) is 1. The summed E-state index contributed by atoms with van der Waals surface area (Å²) in [7, 11) is 1.48. The van der Waals surface area contributed by atoms with Gasteiger partial charge in [0.2, 0.25) is 5.91 Å². The van der Waals surface area contributed by atoms with Crippen LogP contribution in [0, 0.1) is 0 Å². The minimum Gasteiger partial charge on any atom is -0.496 e. The smallest absolute Gasteiger partial charge is 0.252 e. The summed E-state index contributed by atoms with van der Waals surface area (Å²) in [4.78, 5) is 26.8. The van der Waals surface area contributed by atoms with E-state index in [1.165, 1.54) is 7.11 Å². The fraction of sp³-hybridized carbons (Fsp3) is 0.312. The van der Waals surface area contributed by atoms with Gasteiger partial charge in [0.15, 0.2) is 0 Å². The SMILES string of the molecule is COc1cc2c(OC[C@@H]3CCC(=O)N3)cncc2cc1C(N)=O. The molecule has 1 aromatic carbocycles. The van der Waals surface area contributed by atoms with Gasteiger partial charge < -0.3 is 20.5 Å². The number of benzene rings is 1. The number of carbonyl (C=O) groups is 2. The molecular formula is C16H17N3O4. The van der Waals surface area contributed by atoms with Crippen LogP contribution < -0.4 is 20.5 Å². The average Bonchev–Trinajstić information content (AvgIpc) is 2.96. The van der Waals surface area contributed by atoms with Gasteiger partial charge in [0.05, 0.1) is 24.9 Å². The van der Waals surface area contributed by atoms with Gasteiger partial charge in [-0.05, 0) is 18.6 Å². The number of aromatic nitrogens is 1. The van der Waals surface area contributed by atoms with Gasteiger partial charge in [0.1, 0.15) is 18.1 Å². The molecule has 3 rings (SSSR count). The first-order chi connectivity index (χ1) is 11.1. The van der Waals surface area contributed by atoms with Gasteiger partial charge in [0.25, 0.3) is 5.91 Å². The number of nitrogens with one attached hydrogen (secondary N) is 1. The second kappa shape index (κ2) is 6.12. The normalized spacial score (nSPS) is 17.1. The monoisotopic (exact) mass is 315 g/mol. The van der Waals surface area contributed by atoms with Gasteiger partial charge in [-0.25, -0.2) is 0 Å². The van der Waals surface area contributed by atoms with Crippen molar-refractivity contribution in [1.82, 2.24) is 10.3 Å². The van der Waals surface area contributed by atoms with E-state index >= 15 is 0 Å². The molecule has 0 saturated carbocycles. The Kier molecular flexibility index (Phi) is 4.01. The maximum absolute atomic E-state index is 11.5. The van der Waals surface area contributed by atoms with E-state index in [1.54, 1.807) is 24.5 Å². The van der Waals surface area contributed by atoms with Gasteiger partial charge in [-0.15, -0.1) is 0 Å². The van der Waals surface area contributed by atoms with Crippen LogP contribution in [0.2, 0.25) is 0 Å². The lowest BCUT2D eigenvalue weighted by atomic mass is 10.1. The van der Waals surface area contributed by atoms with E-state index in [4.69, 9.17) is 15.2 Å². The van der Waals surface area contributed by atoms with Gasteiger partial charge in [-0.1, -0.05) is 0 Å². The lowest BCUT2D eigenvalue weighted by molar-refractivity contribution is -0.119. The molecule has 1 aliphatic rings. The molecule has 120 valence electrons. The van der Waals surface area contributed by atoms with Gasteiger partial charge >= 0.3 is 0 Å². The first-order valence-corrected chi connectivity index (χ1v) is 7.26. The number of pyridine rings is 1. The molecule has 1 aromatic heterocycles. The molecule has 3 N–H and O–H groups in total. The van der Waals surface area contributed by atoms with Crippen molar-refractivity contribution in [3.05, 3.63) is 30.1 Å². The van der Waals surface area contributed by atoms with E-state index in [0.717, 1.165) is 17.2 Å². The Morgan fingerprint density at radius 3 is 2.87 bits per heavy atom. The van der Waals surface area contributed by atoms with E-state index in [0.29, 0.717) is 30.1 Å². The molecule has 7 heteroatoms. The second-order valence-electron chi connectivity index (χ2n) is 5.39. The van der Waals surface area contributed by atoms with Crippen molar-refractivity contribution in [3.8, 4) is 11.5 Å². The summed E-state index contributed by atoms with van der Waals surface area (Å²) in [5.41, 5.74) is 5.66. The van der Waals surface area contributed by atoms with Gasteiger partial charge in [-0.2, -0.15) is 0 Å². The van der Waals surface area contributed by atoms with Crippen molar-refractivity contribution in [2.75, 3.05) is 13.7 Å². The summed E-state index contributed by atoms with van der Waals surface area (Å²) in [6, 6.07) is 3.34. The highest BCUT2D eigenvalue weighted by Gasteiger charge is 2.21. The summed E-state index contributed by atoms with van der Waals surface area (Å²) < 4.78 is 11.0. The Hall–Kier alpha value is -2.83. The predicted octanol–water partition coefficient (Wildman–Crippen LogP) is 1.000. The van der Waals surface area contributed by atoms with Crippen molar-refractivity contribution in [3.63, 3.8) is 0 Å². The van der Waals surface area contributed by atoms with Crippen LogP contribution >= 0.6 is 0 Å². The largest absolute Gasteiger partial charge is 0.496 e. The summed E-state index contributed by atoms with van der Waals surface area (Å²) in [6.07, 6.45) is 4.51. The van der Waals surface area contributed by atoms with Crippen LogP contribution in [0.1, 0.15) is 23.2 Å². The topological polar surface area (TPSA) is 104 Å². The summed E-state index contributed by atoms with van der Waals surface area (Å²) in [6.45, 7) is 0.367. The number of hydrogen-bond acceptors (Lipinski definition) is 5. The van der Waals surface area contributed by atoms with Crippen LogP contribution in [0.25, 0.3) is 10.8 Å². The molecule has 0 unspecified atom stereocenters. The molecule has 7 nitrogen and oxygen atoms in total. The van der Waals surface area contributed by atoms with Crippen LogP contribution in [0.5, 0.6) is 11.5 Å². The first kappa shape index (κ1) is 15.1. The first-order valence-electron chi connectivity index (χ1n) is 7.26. The zero-order valence-corrected chi connectivity index (χ0v) is 12.7. The Morgan fingerprint density at radius 1 is 1.39 bits per heavy atom. The van der Waals surface area contributed by atoms with Crippen molar-refractivity contribution in [1.29, 1.82) is 0 Å². The van der Waals surface area contributed by atoms with Gasteiger partial charge in [0, 0.05) is 23.4 Å². The molecule has 2 amide bonds. The highest BCUT2D eigenvalue weighted by molar-refractivity contribution is 6.01. The van der Waals surface area contributed by atoms with Crippen LogP contribution in [-0.4, -0.2) is 36.6 Å². The fourth-order valence-corrected chi connectivity index (χ4v) is 2.64. The minimum atomic E-state index is -0.566. The number of ether oxygens (including phenoxy) is 2. The molecule has 2 aromatic rings. The third kappa shape index (κ3) is 3.03. The molecule has 0 spiro atoms. The highest BCUT2D eigenvalue weighted by Crippen LogP contribution is 2.31. The molecule has 0 bridgehead atoms. The standard InChI is InChI=1S/C16H17N3O4/c1-22-13-5-11-9(4-12(13)16(17)21)6-18-7-14(11)23-8-10-2-3-15(20)19-10/h4-7,10H,2-3,8H2,1H3,(H2,17,21)(H,19,20)/t10-/m0/s1. The average molecular weight is 315 g/mol. The van der Waals surface area contributed by atoms with E-state index < -0.39 is 5.91 Å².